The molecule has 0 spiro atoms. The Morgan fingerprint density at radius 1 is 1.20 bits per heavy atom. The summed E-state index contributed by atoms with van der Waals surface area (Å²) in [5, 5.41) is 0. The summed E-state index contributed by atoms with van der Waals surface area (Å²) in [6, 6.07) is 0. The molecule has 0 aromatic rings. The average molecular weight is 129 g/mol. The van der Waals surface area contributed by atoms with Crippen LogP contribution in [0.1, 0.15) is 6.42 Å². The largest absolute Gasteiger partial charge is 0.0610 e. The lowest BCUT2D eigenvalue weighted by Gasteiger charge is -1.99. The number of rotatable bonds is 1. The molecule has 2 aliphatic carbocycles. The van der Waals surface area contributed by atoms with E-state index in [4.69, 9.17) is 0 Å². The Morgan fingerprint density at radius 3 is 2.90 bits per heavy atom. The first kappa shape index (κ1) is 5.72. The smallest absolute Gasteiger partial charge is 0.0152 e. The Bertz CT molecular complexity index is 272. The van der Waals surface area contributed by atoms with Crippen molar-refractivity contribution < 1.29 is 0 Å². The molecule has 0 nitrogen and oxygen atoms in total. The van der Waals surface area contributed by atoms with Crippen molar-refractivity contribution in [3.05, 3.63) is 54.0 Å². The summed E-state index contributed by atoms with van der Waals surface area (Å²) < 4.78 is 0. The van der Waals surface area contributed by atoms with Gasteiger partial charge in [-0.3, -0.25) is 0 Å². The third-order valence-electron chi connectivity index (χ3n) is 1.93. The molecule has 0 bridgehead atoms. The van der Waals surface area contributed by atoms with Crippen molar-refractivity contribution in [3.63, 3.8) is 0 Å². The van der Waals surface area contributed by atoms with Gasteiger partial charge in [-0.15, -0.1) is 0 Å². The molecule has 0 unspecified atom stereocenters. The van der Waals surface area contributed by atoms with Gasteiger partial charge in [-0.05, 0) is 30.1 Å². The minimum atomic E-state index is 0.896. The first-order valence-electron chi connectivity index (χ1n) is 3.51. The van der Waals surface area contributed by atoms with E-state index in [0.717, 1.165) is 6.42 Å². The van der Waals surface area contributed by atoms with Crippen molar-refractivity contribution >= 4 is 0 Å². The highest BCUT2D eigenvalue weighted by Crippen LogP contribution is 2.32. The zero-order chi connectivity index (χ0) is 6.97. The minimum Gasteiger partial charge on any atom is -0.0610 e. The second-order valence-corrected chi connectivity index (χ2v) is 2.50. The van der Waals surface area contributed by atoms with Crippen molar-refractivity contribution in [2.24, 2.45) is 0 Å². The van der Waals surface area contributed by atoms with Gasteiger partial charge in [0, 0.05) is 0 Å². The maximum absolute atomic E-state index is 3.86. The molecule has 0 saturated carbocycles. The number of hydrogen-bond acceptors (Lipinski definition) is 0. The molecular formula is C10H9. The summed E-state index contributed by atoms with van der Waals surface area (Å²) in [6.07, 6.45) is 11.6. The quantitative estimate of drug-likeness (QED) is 0.510. The molecule has 0 aromatic carbocycles. The minimum absolute atomic E-state index is 0.896. The standard InChI is InChI=1S/C10H9/c1-2-8-6-7-9-4-3-5-10(8)9/h3-7H,1-2H2. The van der Waals surface area contributed by atoms with E-state index in [1.165, 1.54) is 16.7 Å². The van der Waals surface area contributed by atoms with E-state index >= 15 is 0 Å². The molecule has 0 aliphatic heterocycles. The molecule has 0 N–H and O–H groups in total. The molecule has 0 heteroatoms. The number of fused-ring (bicyclic) bond motifs is 1. The van der Waals surface area contributed by atoms with Crippen LogP contribution in [0.2, 0.25) is 0 Å². The summed E-state index contributed by atoms with van der Waals surface area (Å²) in [4.78, 5) is 0. The van der Waals surface area contributed by atoms with Crippen LogP contribution >= 0.6 is 0 Å². The number of hydrogen-bond donors (Lipinski definition) is 0. The Kier molecular flexibility index (Phi) is 1.13. The molecule has 0 aromatic heterocycles. The fraction of sp³-hybridized carbons (Fsp3) is 0.100. The van der Waals surface area contributed by atoms with E-state index in [1.807, 2.05) is 0 Å². The highest BCUT2D eigenvalue weighted by Gasteiger charge is 2.13. The van der Waals surface area contributed by atoms with E-state index < -0.39 is 0 Å². The fourth-order valence-corrected chi connectivity index (χ4v) is 1.37. The van der Waals surface area contributed by atoms with Crippen LogP contribution in [0.15, 0.2) is 47.1 Å². The monoisotopic (exact) mass is 129 g/mol. The molecule has 0 fully saturated rings. The lowest BCUT2D eigenvalue weighted by Crippen LogP contribution is -1.81. The van der Waals surface area contributed by atoms with Gasteiger partial charge in [0.05, 0.1) is 0 Å². The lowest BCUT2D eigenvalue weighted by molar-refractivity contribution is 1.26. The maximum Gasteiger partial charge on any atom is -0.0152 e. The first-order valence-corrected chi connectivity index (χ1v) is 3.51. The Labute approximate surface area is 61.3 Å². The van der Waals surface area contributed by atoms with E-state index in [1.54, 1.807) is 0 Å². The molecule has 0 heterocycles. The summed E-state index contributed by atoms with van der Waals surface area (Å²) in [5.41, 5.74) is 4.08. The number of allylic oxidation sites excluding steroid dienone is 8. The van der Waals surface area contributed by atoms with E-state index in [-0.39, 0.29) is 0 Å². The van der Waals surface area contributed by atoms with Crippen LogP contribution in [0.4, 0.5) is 0 Å². The first-order chi connectivity index (χ1) is 4.92. The average Bonchev–Trinajstić information content (AvgIpc) is 2.44. The SMILES string of the molecule is [CH2]CC1=CC=C2C=CC=C21. The third-order valence-corrected chi connectivity index (χ3v) is 1.93. The van der Waals surface area contributed by atoms with E-state index in [9.17, 15) is 0 Å². The maximum atomic E-state index is 3.86. The highest BCUT2D eigenvalue weighted by atomic mass is 14.2. The normalized spacial score (nSPS) is 20.3. The zero-order valence-corrected chi connectivity index (χ0v) is 5.80. The van der Waals surface area contributed by atoms with Crippen molar-refractivity contribution in [2.45, 2.75) is 6.42 Å². The second kappa shape index (κ2) is 1.98. The molecule has 0 saturated heterocycles. The third kappa shape index (κ3) is 0.621. The zero-order valence-electron chi connectivity index (χ0n) is 5.80. The van der Waals surface area contributed by atoms with Crippen molar-refractivity contribution in [3.8, 4) is 0 Å². The molecular weight excluding hydrogens is 120 g/mol. The van der Waals surface area contributed by atoms with Gasteiger partial charge in [0.25, 0.3) is 0 Å². The van der Waals surface area contributed by atoms with Gasteiger partial charge in [-0.2, -0.15) is 0 Å². The van der Waals surface area contributed by atoms with Gasteiger partial charge in [0.2, 0.25) is 0 Å². The Morgan fingerprint density at radius 2 is 2.10 bits per heavy atom. The Hall–Kier alpha value is -1.04. The van der Waals surface area contributed by atoms with Crippen LogP contribution in [0, 0.1) is 6.92 Å². The summed E-state index contributed by atoms with van der Waals surface area (Å²) in [5.74, 6) is 0. The summed E-state index contributed by atoms with van der Waals surface area (Å²) >= 11 is 0. The van der Waals surface area contributed by atoms with Gasteiger partial charge in [0.1, 0.15) is 0 Å². The van der Waals surface area contributed by atoms with Crippen LogP contribution in [0.5, 0.6) is 0 Å². The molecule has 0 atom stereocenters. The van der Waals surface area contributed by atoms with Crippen LogP contribution in [0.25, 0.3) is 0 Å². The van der Waals surface area contributed by atoms with Gasteiger partial charge in [-0.25, -0.2) is 0 Å². The van der Waals surface area contributed by atoms with Crippen molar-refractivity contribution in [2.75, 3.05) is 0 Å². The predicted octanol–water partition coefficient (Wildman–Crippen LogP) is 2.57. The Balaban J connectivity index is 2.38. The van der Waals surface area contributed by atoms with Crippen LogP contribution < -0.4 is 0 Å². The summed E-state index contributed by atoms with van der Waals surface area (Å²) in [7, 11) is 0. The van der Waals surface area contributed by atoms with Crippen molar-refractivity contribution in [1.82, 2.24) is 0 Å². The molecule has 2 rings (SSSR count). The van der Waals surface area contributed by atoms with Crippen LogP contribution in [-0.2, 0) is 0 Å². The van der Waals surface area contributed by atoms with Gasteiger partial charge < -0.3 is 0 Å². The molecule has 2 aliphatic rings. The molecule has 0 amide bonds. The second-order valence-electron chi connectivity index (χ2n) is 2.50. The molecule has 49 valence electrons. The highest BCUT2D eigenvalue weighted by molar-refractivity contribution is 5.64. The topological polar surface area (TPSA) is 0 Å². The lowest BCUT2D eigenvalue weighted by atomic mass is 10.1. The van der Waals surface area contributed by atoms with Gasteiger partial charge in [0.15, 0.2) is 0 Å². The van der Waals surface area contributed by atoms with Gasteiger partial charge >= 0.3 is 0 Å². The van der Waals surface area contributed by atoms with E-state index in [0.29, 0.717) is 0 Å². The molecule has 10 heavy (non-hydrogen) atoms. The van der Waals surface area contributed by atoms with Gasteiger partial charge in [-0.1, -0.05) is 30.4 Å². The van der Waals surface area contributed by atoms with Crippen LogP contribution in [0.3, 0.4) is 0 Å². The molecule has 1 radical (unpaired) electrons. The predicted molar refractivity (Wildman–Crippen MR) is 43.4 cm³/mol. The fourth-order valence-electron chi connectivity index (χ4n) is 1.37. The van der Waals surface area contributed by atoms with E-state index in [2.05, 4.69) is 37.3 Å². The summed E-state index contributed by atoms with van der Waals surface area (Å²) in [6.45, 7) is 3.86. The van der Waals surface area contributed by atoms with Crippen molar-refractivity contribution in [1.29, 1.82) is 0 Å². The van der Waals surface area contributed by atoms with Crippen LogP contribution in [-0.4, -0.2) is 0 Å².